The number of rotatable bonds is 16. The molecule has 0 aliphatic rings. The van der Waals surface area contributed by atoms with E-state index in [1.807, 2.05) is 18.6 Å². The van der Waals surface area contributed by atoms with Gasteiger partial charge >= 0.3 is 0 Å². The van der Waals surface area contributed by atoms with Gasteiger partial charge in [0, 0.05) is 0 Å². The average molecular weight is 318 g/mol. The van der Waals surface area contributed by atoms with Crippen molar-refractivity contribution in [3.05, 3.63) is 43.5 Å². The fourth-order valence-corrected chi connectivity index (χ4v) is 2.98. The van der Waals surface area contributed by atoms with Gasteiger partial charge in [0.25, 0.3) is 0 Å². The van der Waals surface area contributed by atoms with E-state index in [0.29, 0.717) is 0 Å². The van der Waals surface area contributed by atoms with E-state index >= 15 is 0 Å². The van der Waals surface area contributed by atoms with Crippen molar-refractivity contribution in [3.63, 3.8) is 0 Å². The van der Waals surface area contributed by atoms with Crippen molar-refractivity contribution in [2.75, 3.05) is 0 Å². The third-order valence-electron chi connectivity index (χ3n) is 4.41. The van der Waals surface area contributed by atoms with Crippen LogP contribution in [0.25, 0.3) is 0 Å². The molecule has 0 aromatic carbocycles. The second-order valence-corrected chi connectivity index (χ2v) is 6.54. The third-order valence-corrected chi connectivity index (χ3v) is 4.41. The van der Waals surface area contributed by atoms with Crippen molar-refractivity contribution in [1.29, 1.82) is 0 Å². The van der Waals surface area contributed by atoms with Crippen LogP contribution < -0.4 is 4.57 Å². The maximum atomic E-state index is 3.69. The Morgan fingerprint density at radius 2 is 1.35 bits per heavy atom. The SMILES string of the molecule is C=CC=CCCCCCCCCCCCCCC[n+]1cc[nH]c1. The van der Waals surface area contributed by atoms with Crippen molar-refractivity contribution in [2.24, 2.45) is 0 Å². The van der Waals surface area contributed by atoms with Crippen molar-refractivity contribution < 1.29 is 4.57 Å². The quantitative estimate of drug-likeness (QED) is 0.215. The highest BCUT2D eigenvalue weighted by molar-refractivity contribution is 4.96. The molecule has 1 rings (SSSR count). The van der Waals surface area contributed by atoms with E-state index in [2.05, 4.69) is 34.5 Å². The number of aromatic nitrogens is 2. The molecule has 1 aromatic rings. The first-order valence-corrected chi connectivity index (χ1v) is 9.73. The Morgan fingerprint density at radius 1 is 0.783 bits per heavy atom. The lowest BCUT2D eigenvalue weighted by Crippen LogP contribution is -2.30. The predicted molar refractivity (Wildman–Crippen MR) is 100 cm³/mol. The first kappa shape index (κ1) is 19.7. The van der Waals surface area contributed by atoms with Crippen molar-refractivity contribution >= 4 is 0 Å². The standard InChI is InChI=1S/C21H36N2/c1-2-3-4-5-6-7-8-9-10-11-12-13-14-15-16-17-19-23-20-18-22-21-23/h2-4,18,20-21H,1,5-17,19H2/p+1. The summed E-state index contributed by atoms with van der Waals surface area (Å²) in [5.41, 5.74) is 0. The minimum atomic E-state index is 1.16. The second kappa shape index (κ2) is 15.6. The average Bonchev–Trinajstić information content (AvgIpc) is 3.08. The fourth-order valence-electron chi connectivity index (χ4n) is 2.98. The molecule has 0 fully saturated rings. The Kier molecular flexibility index (Phi) is 13.4. The van der Waals surface area contributed by atoms with Crippen LogP contribution in [0.3, 0.4) is 0 Å². The molecule has 0 saturated carbocycles. The Bertz CT molecular complexity index is 379. The van der Waals surface area contributed by atoms with Crippen LogP contribution in [0, 0.1) is 0 Å². The van der Waals surface area contributed by atoms with Gasteiger partial charge in [-0.15, -0.1) is 0 Å². The highest BCUT2D eigenvalue weighted by atomic mass is 15.0. The van der Waals surface area contributed by atoms with Crippen molar-refractivity contribution in [1.82, 2.24) is 4.98 Å². The molecule has 1 heterocycles. The largest absolute Gasteiger partial charge is 0.250 e. The number of allylic oxidation sites excluding steroid dienone is 3. The van der Waals surface area contributed by atoms with Crippen LogP contribution in [0.5, 0.6) is 0 Å². The van der Waals surface area contributed by atoms with Crippen LogP contribution >= 0.6 is 0 Å². The molecule has 0 unspecified atom stereocenters. The molecule has 1 aromatic heterocycles. The molecule has 130 valence electrons. The van der Waals surface area contributed by atoms with Gasteiger partial charge in [0.05, 0.1) is 6.54 Å². The molecule has 0 aliphatic carbocycles. The molecule has 0 spiro atoms. The molecule has 0 aliphatic heterocycles. The molecule has 0 saturated heterocycles. The Balaban J connectivity index is 1.70. The molecular weight excluding hydrogens is 280 g/mol. The van der Waals surface area contributed by atoms with Gasteiger partial charge in [0.2, 0.25) is 6.33 Å². The molecule has 2 heteroatoms. The number of hydrogen-bond acceptors (Lipinski definition) is 0. The Morgan fingerprint density at radius 3 is 1.87 bits per heavy atom. The molecule has 0 atom stereocenters. The van der Waals surface area contributed by atoms with Crippen LogP contribution in [0.4, 0.5) is 0 Å². The number of imidazole rings is 1. The maximum Gasteiger partial charge on any atom is 0.241 e. The molecule has 0 radical (unpaired) electrons. The van der Waals surface area contributed by atoms with Gasteiger partial charge in [-0.3, -0.25) is 4.98 Å². The van der Waals surface area contributed by atoms with Crippen molar-refractivity contribution in [2.45, 2.75) is 90.0 Å². The summed E-state index contributed by atoms with van der Waals surface area (Å²) in [5, 5.41) is 0. The van der Waals surface area contributed by atoms with E-state index in [4.69, 9.17) is 0 Å². The van der Waals surface area contributed by atoms with Crippen LogP contribution in [0.15, 0.2) is 43.5 Å². The fraction of sp³-hybridized carbons (Fsp3) is 0.667. The van der Waals surface area contributed by atoms with Gasteiger partial charge in [-0.25, -0.2) is 4.57 Å². The summed E-state index contributed by atoms with van der Waals surface area (Å²) in [5.74, 6) is 0. The van der Waals surface area contributed by atoms with E-state index < -0.39 is 0 Å². The van der Waals surface area contributed by atoms with Crippen LogP contribution in [-0.2, 0) is 6.54 Å². The molecular formula is C21H37N2+. The molecule has 23 heavy (non-hydrogen) atoms. The number of nitrogens with zero attached hydrogens (tertiary/aromatic N) is 1. The number of H-pyrrole nitrogens is 1. The van der Waals surface area contributed by atoms with E-state index in [9.17, 15) is 0 Å². The number of aromatic amines is 1. The van der Waals surface area contributed by atoms with Gasteiger partial charge in [-0.05, 0) is 25.7 Å². The highest BCUT2D eigenvalue weighted by Gasteiger charge is 1.97. The van der Waals surface area contributed by atoms with Gasteiger partial charge in [0.1, 0.15) is 12.4 Å². The Hall–Kier alpha value is -1.31. The lowest BCUT2D eigenvalue weighted by atomic mass is 10.0. The van der Waals surface area contributed by atoms with Crippen LogP contribution in [-0.4, -0.2) is 4.98 Å². The van der Waals surface area contributed by atoms with Crippen LogP contribution in [0.1, 0.15) is 83.5 Å². The second-order valence-electron chi connectivity index (χ2n) is 6.54. The lowest BCUT2D eigenvalue weighted by Gasteiger charge is -2.02. The summed E-state index contributed by atoms with van der Waals surface area (Å²) in [4.78, 5) is 3.09. The molecule has 2 nitrogen and oxygen atoms in total. The van der Waals surface area contributed by atoms with E-state index in [1.165, 1.54) is 83.5 Å². The number of aryl methyl sites for hydroxylation is 1. The number of unbranched alkanes of at least 4 members (excludes halogenated alkanes) is 12. The van der Waals surface area contributed by atoms with E-state index in [0.717, 1.165) is 6.54 Å². The zero-order chi connectivity index (χ0) is 16.4. The predicted octanol–water partition coefficient (Wildman–Crippen LogP) is 6.12. The Labute approximate surface area is 143 Å². The number of hydrogen-bond donors (Lipinski definition) is 1. The summed E-state index contributed by atoms with van der Waals surface area (Å²) >= 11 is 0. The van der Waals surface area contributed by atoms with E-state index in [-0.39, 0.29) is 0 Å². The van der Waals surface area contributed by atoms with Crippen molar-refractivity contribution in [3.8, 4) is 0 Å². The zero-order valence-electron chi connectivity index (χ0n) is 15.0. The summed E-state index contributed by atoms with van der Waals surface area (Å²) in [6, 6.07) is 0. The number of nitrogens with one attached hydrogen (secondary N) is 1. The molecule has 0 bridgehead atoms. The first-order valence-electron chi connectivity index (χ1n) is 9.73. The van der Waals surface area contributed by atoms with Gasteiger partial charge < -0.3 is 0 Å². The third kappa shape index (κ3) is 12.9. The van der Waals surface area contributed by atoms with Gasteiger partial charge in [-0.1, -0.05) is 82.6 Å². The first-order chi connectivity index (χ1) is 11.4. The van der Waals surface area contributed by atoms with Gasteiger partial charge in [-0.2, -0.15) is 0 Å². The topological polar surface area (TPSA) is 19.7 Å². The summed E-state index contributed by atoms with van der Waals surface area (Å²) < 4.78 is 2.23. The minimum Gasteiger partial charge on any atom is -0.250 e. The van der Waals surface area contributed by atoms with E-state index in [1.54, 1.807) is 0 Å². The monoisotopic (exact) mass is 317 g/mol. The zero-order valence-corrected chi connectivity index (χ0v) is 15.0. The highest BCUT2D eigenvalue weighted by Crippen LogP contribution is 2.12. The smallest absolute Gasteiger partial charge is 0.241 e. The minimum absolute atomic E-state index is 1.16. The summed E-state index contributed by atoms with van der Waals surface area (Å²) in [6.07, 6.45) is 30.3. The van der Waals surface area contributed by atoms with Crippen LogP contribution in [0.2, 0.25) is 0 Å². The molecule has 0 amide bonds. The molecule has 1 N–H and O–H groups in total. The summed E-state index contributed by atoms with van der Waals surface area (Å²) in [6.45, 7) is 4.85. The lowest BCUT2D eigenvalue weighted by molar-refractivity contribution is -0.696. The normalized spacial score (nSPS) is 11.3. The summed E-state index contributed by atoms with van der Waals surface area (Å²) in [7, 11) is 0. The van der Waals surface area contributed by atoms with Gasteiger partial charge in [0.15, 0.2) is 0 Å². The maximum absolute atomic E-state index is 3.69.